The van der Waals surface area contributed by atoms with Gasteiger partial charge in [0.05, 0.1) is 5.02 Å². The maximum atomic E-state index is 14.6. The summed E-state index contributed by atoms with van der Waals surface area (Å²) >= 11 is 5.96. The Bertz CT molecular complexity index is 1260. The monoisotopic (exact) mass is 573 g/mol. The summed E-state index contributed by atoms with van der Waals surface area (Å²) in [6, 6.07) is 9.54. The fraction of sp³-hybridized carbons (Fsp3) is 0.500. The summed E-state index contributed by atoms with van der Waals surface area (Å²) < 4.78 is 33.7. The molecule has 0 spiro atoms. The van der Waals surface area contributed by atoms with Crippen molar-refractivity contribution < 1.29 is 27.9 Å². The molecule has 2 atom stereocenters. The molecule has 5 rings (SSSR count). The van der Waals surface area contributed by atoms with E-state index in [9.17, 15) is 23.2 Å². The highest BCUT2D eigenvalue weighted by molar-refractivity contribution is 6.30. The number of piperidine rings is 1. The molecule has 0 aromatic heterocycles. The number of hydrogen-bond acceptors (Lipinski definition) is 5. The number of benzene rings is 2. The molecule has 0 radical (unpaired) electrons. The van der Waals surface area contributed by atoms with Crippen molar-refractivity contribution in [2.45, 2.75) is 50.5 Å². The zero-order chi connectivity index (χ0) is 28.4. The van der Waals surface area contributed by atoms with Crippen LogP contribution in [0.1, 0.15) is 50.5 Å². The minimum Gasteiger partial charge on any atom is -0.410 e. The topological polar surface area (TPSA) is 79.0 Å². The van der Waals surface area contributed by atoms with Gasteiger partial charge in [-0.2, -0.15) is 0 Å². The van der Waals surface area contributed by atoms with Crippen LogP contribution in [0.5, 0.6) is 5.75 Å². The number of ketones is 1. The molecule has 1 aliphatic carbocycles. The Labute approximate surface area is 237 Å². The number of nitrogens with one attached hydrogen (secondary N) is 1. The van der Waals surface area contributed by atoms with Crippen molar-refractivity contribution in [2.24, 2.45) is 11.8 Å². The van der Waals surface area contributed by atoms with Crippen molar-refractivity contribution in [1.82, 2.24) is 15.1 Å². The van der Waals surface area contributed by atoms with Crippen LogP contribution in [0.4, 0.5) is 13.6 Å². The van der Waals surface area contributed by atoms with E-state index in [0.717, 1.165) is 19.3 Å². The van der Waals surface area contributed by atoms with Gasteiger partial charge >= 0.3 is 6.09 Å². The average molecular weight is 574 g/mol. The van der Waals surface area contributed by atoms with Crippen LogP contribution >= 0.6 is 11.6 Å². The molecule has 1 saturated carbocycles. The first-order valence-corrected chi connectivity index (χ1v) is 14.4. The van der Waals surface area contributed by atoms with Crippen LogP contribution in [0, 0.1) is 23.5 Å². The smallest absolute Gasteiger partial charge is 0.410 e. The maximum absolute atomic E-state index is 14.6. The normalized spacial score (nSPS) is 23.5. The van der Waals surface area contributed by atoms with Crippen LogP contribution < -0.4 is 10.1 Å². The van der Waals surface area contributed by atoms with E-state index < -0.39 is 35.1 Å². The lowest BCUT2D eigenvalue weighted by Gasteiger charge is -2.45. The number of likely N-dealkylation sites (N-methyl/N-ethyl adjacent to an activating group) is 1. The van der Waals surface area contributed by atoms with Gasteiger partial charge in [0.2, 0.25) is 5.91 Å². The second-order valence-corrected chi connectivity index (χ2v) is 11.3. The number of ether oxygens (including phenoxy) is 1. The molecule has 2 aromatic carbocycles. The van der Waals surface area contributed by atoms with Gasteiger partial charge in [0.15, 0.2) is 5.78 Å². The van der Waals surface area contributed by atoms with Crippen LogP contribution in [0.25, 0.3) is 0 Å². The maximum Gasteiger partial charge on any atom is 0.416 e. The molecule has 2 aromatic rings. The predicted octanol–water partition coefficient (Wildman–Crippen LogP) is 5.17. The standard InChI is InChI=1S/C30H34ClF2N3O4/c1-2-36(29(39)40-23-9-7-22(32)8-10-23)30(18-34-17-24(30)21-6-11-25(31)26(33)16-21)27(37)19-12-14-35(15-13-19)28(38)20-4-3-5-20/h6-11,16,19-20,24,34H,2-5,12-15,17-18H2,1H3/t24-,30+/m0/s1. The number of rotatable bonds is 7. The largest absolute Gasteiger partial charge is 0.416 e. The van der Waals surface area contributed by atoms with E-state index in [1.54, 1.807) is 13.0 Å². The Balaban J connectivity index is 1.46. The molecule has 2 amide bonds. The van der Waals surface area contributed by atoms with Crippen LogP contribution in [0.15, 0.2) is 42.5 Å². The number of nitrogens with zero attached hydrogens (tertiary/aromatic N) is 2. The fourth-order valence-corrected chi connectivity index (χ4v) is 6.48. The SMILES string of the molecule is CCN(C(=O)Oc1ccc(F)cc1)[C@]1(C(=O)C2CCN(C(=O)C3CCC3)CC2)CNC[C@H]1c1ccc(Cl)c(F)c1. The Kier molecular flexibility index (Phi) is 8.42. The van der Waals surface area contributed by atoms with E-state index in [-0.39, 0.29) is 41.5 Å². The summed E-state index contributed by atoms with van der Waals surface area (Å²) in [4.78, 5) is 44.3. The molecule has 2 heterocycles. The van der Waals surface area contributed by atoms with Gasteiger partial charge in [-0.15, -0.1) is 0 Å². The van der Waals surface area contributed by atoms with Gasteiger partial charge in [0.25, 0.3) is 0 Å². The summed E-state index contributed by atoms with van der Waals surface area (Å²) in [6.07, 6.45) is 3.16. The van der Waals surface area contributed by atoms with Gasteiger partial charge in [0.1, 0.15) is 22.9 Å². The molecule has 3 aliphatic rings. The number of halogens is 3. The highest BCUT2D eigenvalue weighted by atomic mass is 35.5. The van der Waals surface area contributed by atoms with E-state index in [0.29, 0.717) is 38.0 Å². The molecule has 10 heteroatoms. The van der Waals surface area contributed by atoms with Crippen molar-refractivity contribution >= 4 is 29.4 Å². The third kappa shape index (κ3) is 5.33. The number of carbonyl (C=O) groups is 3. The number of amides is 2. The summed E-state index contributed by atoms with van der Waals surface area (Å²) in [5, 5.41) is 3.24. The van der Waals surface area contributed by atoms with Crippen LogP contribution in [-0.2, 0) is 9.59 Å². The Hall–Kier alpha value is -3.04. The lowest BCUT2D eigenvalue weighted by atomic mass is 9.71. The second kappa shape index (κ2) is 11.8. The van der Waals surface area contributed by atoms with Crippen molar-refractivity contribution in [3.63, 3.8) is 0 Å². The van der Waals surface area contributed by atoms with Gasteiger partial charge < -0.3 is 15.0 Å². The third-order valence-electron chi connectivity index (χ3n) is 8.76. The zero-order valence-corrected chi connectivity index (χ0v) is 23.3. The van der Waals surface area contributed by atoms with E-state index in [2.05, 4.69) is 5.32 Å². The summed E-state index contributed by atoms with van der Waals surface area (Å²) in [5.74, 6) is -1.75. The van der Waals surface area contributed by atoms with Crippen molar-refractivity contribution in [2.75, 3.05) is 32.7 Å². The van der Waals surface area contributed by atoms with Gasteiger partial charge in [-0.1, -0.05) is 24.1 Å². The van der Waals surface area contributed by atoms with Crippen LogP contribution in [-0.4, -0.2) is 65.8 Å². The summed E-state index contributed by atoms with van der Waals surface area (Å²) in [5.41, 5.74) is -0.817. The minimum absolute atomic E-state index is 0.0294. The molecule has 0 unspecified atom stereocenters. The molecule has 1 N–H and O–H groups in total. The predicted molar refractivity (Wildman–Crippen MR) is 146 cm³/mol. The van der Waals surface area contributed by atoms with Crippen molar-refractivity contribution in [3.05, 3.63) is 64.7 Å². The number of likely N-dealkylation sites (tertiary alicyclic amines) is 1. The minimum atomic E-state index is -1.36. The highest BCUT2D eigenvalue weighted by Gasteiger charge is 2.57. The average Bonchev–Trinajstić information content (AvgIpc) is 3.36. The zero-order valence-electron chi connectivity index (χ0n) is 22.5. The van der Waals surface area contributed by atoms with Gasteiger partial charge in [-0.05, 0) is 74.6 Å². The molecule has 2 aliphatic heterocycles. The van der Waals surface area contributed by atoms with Crippen molar-refractivity contribution in [1.29, 1.82) is 0 Å². The van der Waals surface area contributed by atoms with E-state index in [1.165, 1.54) is 41.3 Å². The first-order chi connectivity index (χ1) is 19.2. The van der Waals surface area contributed by atoms with Gasteiger partial charge in [0, 0.05) is 50.5 Å². The molecule has 40 heavy (non-hydrogen) atoms. The van der Waals surface area contributed by atoms with Crippen molar-refractivity contribution in [3.8, 4) is 5.75 Å². The summed E-state index contributed by atoms with van der Waals surface area (Å²) in [7, 11) is 0. The Morgan fingerprint density at radius 2 is 1.75 bits per heavy atom. The molecule has 7 nitrogen and oxygen atoms in total. The molecule has 2 saturated heterocycles. The number of carbonyl (C=O) groups excluding carboxylic acids is 3. The third-order valence-corrected chi connectivity index (χ3v) is 9.07. The molecule has 3 fully saturated rings. The molecular weight excluding hydrogens is 540 g/mol. The van der Waals surface area contributed by atoms with Gasteiger partial charge in [-0.25, -0.2) is 13.6 Å². The first kappa shape index (κ1) is 28.5. The Morgan fingerprint density at radius 1 is 1.05 bits per heavy atom. The fourth-order valence-electron chi connectivity index (χ4n) is 6.36. The lowest BCUT2D eigenvalue weighted by molar-refractivity contribution is -0.143. The summed E-state index contributed by atoms with van der Waals surface area (Å²) in [6.45, 7) is 3.39. The Morgan fingerprint density at radius 3 is 2.35 bits per heavy atom. The van der Waals surface area contributed by atoms with Gasteiger partial charge in [-0.3, -0.25) is 14.5 Å². The van der Waals surface area contributed by atoms with E-state index >= 15 is 0 Å². The highest BCUT2D eigenvalue weighted by Crippen LogP contribution is 2.42. The lowest BCUT2D eigenvalue weighted by Crippen LogP contribution is -2.64. The van der Waals surface area contributed by atoms with Crippen LogP contribution in [0.3, 0.4) is 0 Å². The van der Waals surface area contributed by atoms with E-state index in [1.807, 2.05) is 4.90 Å². The molecule has 0 bridgehead atoms. The molecule has 214 valence electrons. The first-order valence-electron chi connectivity index (χ1n) is 14.0. The molecular formula is C30H34ClF2N3O4. The number of Topliss-reactive ketones (excluding diaryl/α,β-unsaturated/α-hetero) is 1. The quantitative estimate of drug-likeness (QED) is 0.494. The number of hydrogen-bond donors (Lipinski definition) is 1. The van der Waals surface area contributed by atoms with Crippen LogP contribution in [0.2, 0.25) is 5.02 Å². The second-order valence-electron chi connectivity index (χ2n) is 10.9. The van der Waals surface area contributed by atoms with E-state index in [4.69, 9.17) is 16.3 Å².